The molecule has 0 spiro atoms. The molecule has 2 aromatic carbocycles. The van der Waals surface area contributed by atoms with E-state index in [-0.39, 0.29) is 36.6 Å². The minimum atomic E-state index is -0.324. The summed E-state index contributed by atoms with van der Waals surface area (Å²) in [5.41, 5.74) is 3.94. The molecule has 164 valence electrons. The van der Waals surface area contributed by atoms with Gasteiger partial charge in [0.05, 0.1) is 11.7 Å². The number of carbonyl (C=O) groups is 2. The molecule has 32 heavy (non-hydrogen) atoms. The van der Waals surface area contributed by atoms with E-state index in [0.29, 0.717) is 22.6 Å². The second-order valence-electron chi connectivity index (χ2n) is 7.95. The number of anilines is 1. The molecular weight excluding hydrogens is 406 g/mol. The molecule has 2 heterocycles. The van der Waals surface area contributed by atoms with Crippen LogP contribution in [-0.4, -0.2) is 23.4 Å². The fourth-order valence-corrected chi connectivity index (χ4v) is 3.99. The molecule has 7 nitrogen and oxygen atoms in total. The van der Waals surface area contributed by atoms with Crippen molar-refractivity contribution in [1.82, 2.24) is 10.3 Å². The van der Waals surface area contributed by atoms with Gasteiger partial charge in [-0.05, 0) is 56.2 Å². The first kappa shape index (κ1) is 21.4. The summed E-state index contributed by atoms with van der Waals surface area (Å²) >= 11 is 0. The van der Waals surface area contributed by atoms with Gasteiger partial charge in [-0.1, -0.05) is 30.3 Å². The first-order valence-electron chi connectivity index (χ1n) is 10.5. The summed E-state index contributed by atoms with van der Waals surface area (Å²) < 4.78 is 5.63. The number of benzene rings is 2. The van der Waals surface area contributed by atoms with Crippen LogP contribution in [0.1, 0.15) is 45.7 Å². The third-order valence-corrected chi connectivity index (χ3v) is 5.69. The van der Waals surface area contributed by atoms with Gasteiger partial charge in [0, 0.05) is 23.4 Å². The highest BCUT2D eigenvalue weighted by molar-refractivity contribution is 6.00. The molecule has 4 rings (SSSR count). The van der Waals surface area contributed by atoms with Crippen LogP contribution in [0.15, 0.2) is 59.4 Å². The van der Waals surface area contributed by atoms with Gasteiger partial charge in [0.15, 0.2) is 6.61 Å². The molecule has 0 bridgehead atoms. The van der Waals surface area contributed by atoms with Crippen LogP contribution < -0.4 is 20.5 Å². The average Bonchev–Trinajstić information content (AvgIpc) is 2.78. The van der Waals surface area contributed by atoms with Crippen molar-refractivity contribution in [3.63, 3.8) is 0 Å². The van der Waals surface area contributed by atoms with Crippen molar-refractivity contribution in [1.29, 1.82) is 0 Å². The van der Waals surface area contributed by atoms with Crippen LogP contribution in [-0.2, 0) is 11.3 Å². The van der Waals surface area contributed by atoms with Crippen molar-refractivity contribution in [3.05, 3.63) is 92.9 Å². The Morgan fingerprint density at radius 2 is 1.88 bits per heavy atom. The van der Waals surface area contributed by atoms with Gasteiger partial charge >= 0.3 is 0 Å². The first-order valence-corrected chi connectivity index (χ1v) is 10.5. The van der Waals surface area contributed by atoms with E-state index >= 15 is 0 Å². The van der Waals surface area contributed by atoms with Crippen LogP contribution in [0.4, 0.5) is 5.69 Å². The number of nitrogens with zero attached hydrogens (tertiary/aromatic N) is 1. The summed E-state index contributed by atoms with van der Waals surface area (Å²) in [6, 6.07) is 16.5. The molecule has 1 aliphatic rings. The number of H-pyrrole nitrogens is 1. The quantitative estimate of drug-likeness (QED) is 0.648. The lowest BCUT2D eigenvalue weighted by molar-refractivity contribution is -0.121. The monoisotopic (exact) mass is 431 g/mol. The summed E-state index contributed by atoms with van der Waals surface area (Å²) in [5, 5.41) is 2.80. The third-order valence-electron chi connectivity index (χ3n) is 5.69. The van der Waals surface area contributed by atoms with Crippen LogP contribution in [0.3, 0.4) is 0 Å². The second-order valence-corrected chi connectivity index (χ2v) is 7.95. The number of aromatic amines is 1. The molecule has 0 saturated heterocycles. The number of rotatable bonds is 5. The predicted octanol–water partition coefficient (Wildman–Crippen LogP) is 3.41. The van der Waals surface area contributed by atoms with Gasteiger partial charge in [-0.3, -0.25) is 19.3 Å². The topological polar surface area (TPSA) is 91.5 Å². The molecule has 3 aromatic rings. The number of nitrogens with one attached hydrogen (secondary N) is 2. The average molecular weight is 431 g/mol. The molecule has 1 aliphatic heterocycles. The number of amides is 2. The lowest BCUT2D eigenvalue weighted by Crippen LogP contribution is -2.40. The summed E-state index contributed by atoms with van der Waals surface area (Å²) in [6.45, 7) is 5.65. The van der Waals surface area contributed by atoms with Gasteiger partial charge in [-0.15, -0.1) is 0 Å². The van der Waals surface area contributed by atoms with Gasteiger partial charge in [-0.2, -0.15) is 0 Å². The standard InChI is InChI=1S/C25H25N3O4/c1-15-11-16(2)27-25(31)20(15)13-26-24(30)19-9-10-21-22(12-19)32-14-23(29)28(21)17(3)18-7-5-4-6-8-18/h4-12,17H,13-14H2,1-3H3,(H,26,30)(H,27,31). The van der Waals surface area contributed by atoms with Crippen molar-refractivity contribution < 1.29 is 14.3 Å². The van der Waals surface area contributed by atoms with Crippen molar-refractivity contribution in [2.75, 3.05) is 11.5 Å². The highest BCUT2D eigenvalue weighted by Crippen LogP contribution is 2.38. The molecule has 0 fully saturated rings. The summed E-state index contributed by atoms with van der Waals surface area (Å²) in [6.07, 6.45) is 0. The van der Waals surface area contributed by atoms with E-state index in [1.54, 1.807) is 23.1 Å². The minimum absolute atomic E-state index is 0.0901. The van der Waals surface area contributed by atoms with Gasteiger partial charge in [0.1, 0.15) is 5.75 Å². The van der Waals surface area contributed by atoms with E-state index in [9.17, 15) is 14.4 Å². The fourth-order valence-electron chi connectivity index (χ4n) is 3.99. The van der Waals surface area contributed by atoms with E-state index < -0.39 is 0 Å². The Kier molecular flexibility index (Phi) is 5.81. The second kappa shape index (κ2) is 8.70. The van der Waals surface area contributed by atoms with E-state index in [1.807, 2.05) is 57.2 Å². The Morgan fingerprint density at radius 3 is 2.59 bits per heavy atom. The smallest absolute Gasteiger partial charge is 0.265 e. The Morgan fingerprint density at radius 1 is 1.12 bits per heavy atom. The zero-order chi connectivity index (χ0) is 22.8. The number of carbonyl (C=O) groups excluding carboxylic acids is 2. The maximum Gasteiger partial charge on any atom is 0.265 e. The zero-order valence-corrected chi connectivity index (χ0v) is 18.3. The SMILES string of the molecule is Cc1cc(C)c(CNC(=O)c2ccc3c(c2)OCC(=O)N3C(C)c2ccccc2)c(=O)[nH]1. The van der Waals surface area contributed by atoms with Crippen LogP contribution >= 0.6 is 0 Å². The van der Waals surface area contributed by atoms with Gasteiger partial charge in [0.25, 0.3) is 17.4 Å². The maximum atomic E-state index is 12.7. The Balaban J connectivity index is 1.55. The number of aromatic nitrogens is 1. The number of ether oxygens (including phenoxy) is 1. The highest BCUT2D eigenvalue weighted by Gasteiger charge is 2.30. The first-order chi connectivity index (χ1) is 15.3. The van der Waals surface area contributed by atoms with Gasteiger partial charge in [-0.25, -0.2) is 0 Å². The molecule has 2 N–H and O–H groups in total. The maximum absolute atomic E-state index is 12.7. The largest absolute Gasteiger partial charge is 0.482 e. The molecule has 1 unspecified atom stereocenters. The van der Waals surface area contributed by atoms with Crippen LogP contribution in [0.5, 0.6) is 5.75 Å². The number of hydrogen-bond donors (Lipinski definition) is 2. The number of fused-ring (bicyclic) bond motifs is 1. The molecule has 7 heteroatoms. The van der Waals surface area contributed by atoms with E-state index in [2.05, 4.69) is 10.3 Å². The lowest BCUT2D eigenvalue weighted by Gasteiger charge is -2.34. The van der Waals surface area contributed by atoms with Crippen LogP contribution in [0.25, 0.3) is 0 Å². The number of pyridine rings is 1. The van der Waals surface area contributed by atoms with E-state index in [1.165, 1.54) is 0 Å². The normalized spacial score (nSPS) is 13.8. The predicted molar refractivity (Wildman–Crippen MR) is 122 cm³/mol. The fraction of sp³-hybridized carbons (Fsp3) is 0.240. The van der Waals surface area contributed by atoms with E-state index in [0.717, 1.165) is 16.8 Å². The Bertz CT molecular complexity index is 1230. The van der Waals surface area contributed by atoms with Gasteiger partial charge < -0.3 is 15.0 Å². The van der Waals surface area contributed by atoms with Crippen molar-refractivity contribution in [3.8, 4) is 5.75 Å². The molecular formula is C25H25N3O4. The van der Waals surface area contributed by atoms with E-state index in [4.69, 9.17) is 4.74 Å². The van der Waals surface area contributed by atoms with Crippen molar-refractivity contribution in [2.24, 2.45) is 0 Å². The van der Waals surface area contributed by atoms with Crippen LogP contribution in [0.2, 0.25) is 0 Å². The lowest BCUT2D eigenvalue weighted by atomic mass is 10.0. The Labute approximate surface area is 186 Å². The third kappa shape index (κ3) is 4.14. The molecule has 1 atom stereocenters. The Hall–Kier alpha value is -3.87. The van der Waals surface area contributed by atoms with Crippen molar-refractivity contribution in [2.45, 2.75) is 33.4 Å². The minimum Gasteiger partial charge on any atom is -0.482 e. The molecule has 2 amide bonds. The number of hydrogen-bond acceptors (Lipinski definition) is 4. The van der Waals surface area contributed by atoms with Crippen LogP contribution in [0, 0.1) is 13.8 Å². The van der Waals surface area contributed by atoms with Gasteiger partial charge in [0.2, 0.25) is 0 Å². The highest BCUT2D eigenvalue weighted by atomic mass is 16.5. The zero-order valence-electron chi connectivity index (χ0n) is 18.3. The molecule has 0 aliphatic carbocycles. The summed E-state index contributed by atoms with van der Waals surface area (Å²) in [7, 11) is 0. The molecule has 1 aromatic heterocycles. The van der Waals surface area contributed by atoms with Crippen molar-refractivity contribution >= 4 is 17.5 Å². The summed E-state index contributed by atoms with van der Waals surface area (Å²) in [4.78, 5) is 42.0. The molecule has 0 saturated carbocycles. The summed E-state index contributed by atoms with van der Waals surface area (Å²) in [5.74, 6) is 0.0138. The molecule has 0 radical (unpaired) electrons. The number of aryl methyl sites for hydroxylation is 2.